The second kappa shape index (κ2) is 7.41. The molecule has 96 valence electrons. The third-order valence-electron chi connectivity index (χ3n) is 3.18. The van der Waals surface area contributed by atoms with Gasteiger partial charge in [-0.25, -0.2) is 0 Å². The van der Waals surface area contributed by atoms with Crippen molar-refractivity contribution in [2.45, 2.75) is 45.3 Å². The standard InChI is InChI=1S/C14H24N2O/c1-5-12-6-7-13(16-10-12)9-14(15-3)8-11(2)17-4/h6-7,10-11,14-15H,5,8-9H2,1-4H3. The highest BCUT2D eigenvalue weighted by atomic mass is 16.5. The number of methoxy groups -OCH3 is 1. The molecule has 17 heavy (non-hydrogen) atoms. The van der Waals surface area contributed by atoms with Crippen molar-refractivity contribution in [3.63, 3.8) is 0 Å². The second-order valence-corrected chi connectivity index (χ2v) is 4.48. The number of likely N-dealkylation sites (N-methyl/N-ethyl adjacent to an activating group) is 1. The van der Waals surface area contributed by atoms with Crippen molar-refractivity contribution in [1.82, 2.24) is 10.3 Å². The van der Waals surface area contributed by atoms with Crippen molar-refractivity contribution in [2.75, 3.05) is 14.2 Å². The summed E-state index contributed by atoms with van der Waals surface area (Å²) >= 11 is 0. The van der Waals surface area contributed by atoms with E-state index in [1.165, 1.54) is 5.56 Å². The maximum atomic E-state index is 5.30. The Kier molecular flexibility index (Phi) is 6.16. The summed E-state index contributed by atoms with van der Waals surface area (Å²) in [6.45, 7) is 4.24. The molecule has 0 aromatic carbocycles. The van der Waals surface area contributed by atoms with Gasteiger partial charge >= 0.3 is 0 Å². The van der Waals surface area contributed by atoms with Crippen LogP contribution in [0.15, 0.2) is 18.3 Å². The molecule has 0 aliphatic heterocycles. The summed E-state index contributed by atoms with van der Waals surface area (Å²) in [7, 11) is 3.75. The van der Waals surface area contributed by atoms with E-state index >= 15 is 0 Å². The van der Waals surface area contributed by atoms with E-state index in [9.17, 15) is 0 Å². The molecule has 0 saturated heterocycles. The average Bonchev–Trinajstić information content (AvgIpc) is 2.38. The summed E-state index contributed by atoms with van der Waals surface area (Å²) in [5, 5.41) is 3.32. The summed E-state index contributed by atoms with van der Waals surface area (Å²) in [5.74, 6) is 0. The molecule has 0 amide bonds. The zero-order valence-electron chi connectivity index (χ0n) is 11.4. The van der Waals surface area contributed by atoms with Crippen LogP contribution in [0.25, 0.3) is 0 Å². The molecule has 1 heterocycles. The van der Waals surface area contributed by atoms with E-state index in [0.717, 1.165) is 25.0 Å². The number of rotatable bonds is 7. The lowest BCUT2D eigenvalue weighted by Crippen LogP contribution is -2.31. The predicted molar refractivity (Wildman–Crippen MR) is 71.3 cm³/mol. The zero-order valence-corrected chi connectivity index (χ0v) is 11.4. The first-order valence-corrected chi connectivity index (χ1v) is 6.33. The molecule has 1 aromatic rings. The Balaban J connectivity index is 2.54. The van der Waals surface area contributed by atoms with Gasteiger partial charge in [-0.1, -0.05) is 13.0 Å². The molecule has 0 bridgehead atoms. The van der Waals surface area contributed by atoms with Gasteiger partial charge in [0.05, 0.1) is 6.10 Å². The Morgan fingerprint density at radius 1 is 1.41 bits per heavy atom. The molecule has 1 rings (SSSR count). The lowest BCUT2D eigenvalue weighted by atomic mass is 10.0. The summed E-state index contributed by atoms with van der Waals surface area (Å²) in [6, 6.07) is 4.71. The Bertz CT molecular complexity index is 311. The van der Waals surface area contributed by atoms with Gasteiger partial charge in [0.1, 0.15) is 0 Å². The topological polar surface area (TPSA) is 34.1 Å². The summed E-state index contributed by atoms with van der Waals surface area (Å²) in [5.41, 5.74) is 2.44. The van der Waals surface area contributed by atoms with E-state index in [4.69, 9.17) is 4.74 Å². The van der Waals surface area contributed by atoms with Crippen LogP contribution in [-0.4, -0.2) is 31.3 Å². The van der Waals surface area contributed by atoms with Crippen molar-refractivity contribution < 1.29 is 4.74 Å². The first-order valence-electron chi connectivity index (χ1n) is 6.33. The molecule has 0 radical (unpaired) electrons. The van der Waals surface area contributed by atoms with Crippen LogP contribution in [0.2, 0.25) is 0 Å². The van der Waals surface area contributed by atoms with Gasteiger partial charge in [-0.05, 0) is 38.4 Å². The molecule has 0 aliphatic rings. The van der Waals surface area contributed by atoms with Gasteiger partial charge in [0.15, 0.2) is 0 Å². The van der Waals surface area contributed by atoms with Gasteiger partial charge in [0.2, 0.25) is 0 Å². The van der Waals surface area contributed by atoms with Crippen LogP contribution in [0.1, 0.15) is 31.5 Å². The van der Waals surface area contributed by atoms with Crippen molar-refractivity contribution in [3.05, 3.63) is 29.6 Å². The summed E-state index contributed by atoms with van der Waals surface area (Å²) in [4.78, 5) is 4.49. The SMILES string of the molecule is CCc1ccc(CC(CC(C)OC)NC)nc1. The highest BCUT2D eigenvalue weighted by Crippen LogP contribution is 2.08. The number of aryl methyl sites for hydroxylation is 1. The monoisotopic (exact) mass is 236 g/mol. The van der Waals surface area contributed by atoms with Crippen LogP contribution < -0.4 is 5.32 Å². The molecule has 0 saturated carbocycles. The minimum Gasteiger partial charge on any atom is -0.382 e. The number of ether oxygens (including phenoxy) is 1. The molecule has 0 fully saturated rings. The van der Waals surface area contributed by atoms with Gasteiger partial charge in [-0.2, -0.15) is 0 Å². The van der Waals surface area contributed by atoms with Crippen LogP contribution in [0, 0.1) is 0 Å². The minimum absolute atomic E-state index is 0.280. The quantitative estimate of drug-likeness (QED) is 0.788. The zero-order chi connectivity index (χ0) is 12.7. The molecule has 3 nitrogen and oxygen atoms in total. The van der Waals surface area contributed by atoms with E-state index in [1.54, 1.807) is 7.11 Å². The number of hydrogen-bond acceptors (Lipinski definition) is 3. The van der Waals surface area contributed by atoms with E-state index in [2.05, 4.69) is 36.3 Å². The van der Waals surface area contributed by atoms with E-state index in [-0.39, 0.29) is 6.10 Å². The van der Waals surface area contributed by atoms with Crippen LogP contribution in [0.5, 0.6) is 0 Å². The van der Waals surface area contributed by atoms with Gasteiger partial charge in [0, 0.05) is 31.5 Å². The van der Waals surface area contributed by atoms with Crippen molar-refractivity contribution in [2.24, 2.45) is 0 Å². The fourth-order valence-electron chi connectivity index (χ4n) is 1.84. The molecular weight excluding hydrogens is 212 g/mol. The number of nitrogens with zero attached hydrogens (tertiary/aromatic N) is 1. The third kappa shape index (κ3) is 4.84. The maximum absolute atomic E-state index is 5.30. The molecule has 2 unspecified atom stereocenters. The summed E-state index contributed by atoms with van der Waals surface area (Å²) in [6.07, 6.45) is 5.26. The molecule has 1 N–H and O–H groups in total. The first kappa shape index (κ1) is 14.1. The van der Waals surface area contributed by atoms with Gasteiger partial charge in [0.25, 0.3) is 0 Å². The van der Waals surface area contributed by atoms with Crippen LogP contribution in [-0.2, 0) is 17.6 Å². The molecule has 2 atom stereocenters. The van der Waals surface area contributed by atoms with E-state index in [1.807, 2.05) is 13.2 Å². The van der Waals surface area contributed by atoms with E-state index < -0.39 is 0 Å². The van der Waals surface area contributed by atoms with Gasteiger partial charge in [-0.3, -0.25) is 4.98 Å². The normalized spacial score (nSPS) is 14.6. The number of nitrogens with one attached hydrogen (secondary N) is 1. The van der Waals surface area contributed by atoms with Gasteiger partial charge in [-0.15, -0.1) is 0 Å². The highest BCUT2D eigenvalue weighted by Gasteiger charge is 2.12. The van der Waals surface area contributed by atoms with Crippen LogP contribution in [0.4, 0.5) is 0 Å². The lowest BCUT2D eigenvalue weighted by Gasteiger charge is -2.19. The number of hydrogen-bond donors (Lipinski definition) is 1. The second-order valence-electron chi connectivity index (χ2n) is 4.48. The molecule has 3 heteroatoms. The Morgan fingerprint density at radius 2 is 2.18 bits per heavy atom. The van der Waals surface area contributed by atoms with Crippen LogP contribution >= 0.6 is 0 Å². The largest absolute Gasteiger partial charge is 0.382 e. The molecule has 0 aliphatic carbocycles. The first-order chi connectivity index (χ1) is 8.19. The molecule has 0 spiro atoms. The highest BCUT2D eigenvalue weighted by molar-refractivity contribution is 5.14. The van der Waals surface area contributed by atoms with E-state index in [0.29, 0.717) is 6.04 Å². The number of pyridine rings is 1. The minimum atomic E-state index is 0.280. The fourth-order valence-corrected chi connectivity index (χ4v) is 1.84. The van der Waals surface area contributed by atoms with Crippen molar-refractivity contribution in [3.8, 4) is 0 Å². The smallest absolute Gasteiger partial charge is 0.0558 e. The maximum Gasteiger partial charge on any atom is 0.0558 e. The molecule has 1 aromatic heterocycles. The number of aromatic nitrogens is 1. The Hall–Kier alpha value is -0.930. The van der Waals surface area contributed by atoms with Gasteiger partial charge < -0.3 is 10.1 Å². The summed E-state index contributed by atoms with van der Waals surface area (Å²) < 4.78 is 5.30. The average molecular weight is 236 g/mol. The Morgan fingerprint density at radius 3 is 2.65 bits per heavy atom. The fraction of sp³-hybridized carbons (Fsp3) is 0.643. The molecular formula is C14H24N2O. The van der Waals surface area contributed by atoms with Crippen LogP contribution in [0.3, 0.4) is 0 Å². The third-order valence-corrected chi connectivity index (χ3v) is 3.18. The van der Waals surface area contributed by atoms with Crippen molar-refractivity contribution in [1.29, 1.82) is 0 Å². The van der Waals surface area contributed by atoms with Crippen molar-refractivity contribution >= 4 is 0 Å². The Labute approximate surface area is 105 Å². The lowest BCUT2D eigenvalue weighted by molar-refractivity contribution is 0.101. The predicted octanol–water partition coefficient (Wildman–Crippen LogP) is 2.20.